The van der Waals surface area contributed by atoms with E-state index >= 15 is 0 Å². The maximum absolute atomic E-state index is 10.8. The van der Waals surface area contributed by atoms with Crippen LogP contribution in [0.15, 0.2) is 30.5 Å². The number of rotatable bonds is 5. The number of nitro groups is 1. The monoisotopic (exact) mass is 405 g/mol. The van der Waals surface area contributed by atoms with Crippen LogP contribution in [0.5, 0.6) is 6.01 Å². The largest absolute Gasteiger partial charge is 0.436 e. The van der Waals surface area contributed by atoms with E-state index in [-0.39, 0.29) is 5.82 Å². The van der Waals surface area contributed by atoms with Crippen molar-refractivity contribution < 1.29 is 9.66 Å². The van der Waals surface area contributed by atoms with E-state index < -0.39 is 10.5 Å². The molecule has 28 heavy (non-hydrogen) atoms. The second kappa shape index (κ2) is 7.25. The minimum atomic E-state index is -0.492. The van der Waals surface area contributed by atoms with Crippen molar-refractivity contribution in [1.82, 2.24) is 14.5 Å². The number of piperidine rings is 1. The molecule has 1 fully saturated rings. The number of nitrogens with zero attached hydrogens (tertiary/aromatic N) is 5. The van der Waals surface area contributed by atoms with E-state index in [0.717, 1.165) is 37.5 Å². The van der Waals surface area contributed by atoms with Crippen molar-refractivity contribution in [2.75, 3.05) is 31.6 Å². The molecule has 1 atom stereocenters. The molecule has 1 aromatic heterocycles. The average molecular weight is 406 g/mol. The van der Waals surface area contributed by atoms with E-state index in [9.17, 15) is 10.1 Å². The zero-order valence-corrected chi connectivity index (χ0v) is 16.8. The second-order valence-corrected chi connectivity index (χ2v) is 8.35. The van der Waals surface area contributed by atoms with Gasteiger partial charge in [-0.25, -0.2) is 0 Å². The van der Waals surface area contributed by atoms with Gasteiger partial charge in [-0.3, -0.25) is 9.47 Å². The number of anilines is 1. The molecule has 150 valence electrons. The van der Waals surface area contributed by atoms with E-state index in [0.29, 0.717) is 18.6 Å². The molecule has 2 aliphatic rings. The third kappa shape index (κ3) is 3.79. The molecule has 4 rings (SSSR count). The smallest absolute Gasteiger partial charge is 0.415 e. The van der Waals surface area contributed by atoms with Crippen LogP contribution in [0.4, 0.5) is 11.5 Å². The quantitative estimate of drug-likeness (QED) is 0.561. The first-order valence-corrected chi connectivity index (χ1v) is 9.82. The third-order valence-corrected chi connectivity index (χ3v) is 5.91. The molecule has 1 aromatic carbocycles. The Bertz CT molecular complexity index is 837. The molecule has 3 heterocycles. The van der Waals surface area contributed by atoms with Gasteiger partial charge in [0.15, 0.2) is 0 Å². The number of hydrogen-bond donors (Lipinski definition) is 0. The summed E-state index contributed by atoms with van der Waals surface area (Å²) in [5, 5.41) is 11.6. The molecule has 0 saturated carbocycles. The fraction of sp³-hybridized carbons (Fsp3) is 0.526. The zero-order valence-electron chi connectivity index (χ0n) is 16.0. The first-order chi connectivity index (χ1) is 13.3. The Balaban J connectivity index is 1.31. The summed E-state index contributed by atoms with van der Waals surface area (Å²) in [6, 6.07) is 8.80. The van der Waals surface area contributed by atoms with Crippen LogP contribution in [0.3, 0.4) is 0 Å². The van der Waals surface area contributed by atoms with Crippen molar-refractivity contribution in [3.05, 3.63) is 45.6 Å². The fourth-order valence-electron chi connectivity index (χ4n) is 4.19. The van der Waals surface area contributed by atoms with E-state index in [1.807, 2.05) is 19.1 Å². The van der Waals surface area contributed by atoms with Crippen LogP contribution in [0.2, 0.25) is 5.02 Å². The Hall–Kier alpha value is -2.32. The number of fused-ring (bicyclic) bond motifs is 1. The predicted molar refractivity (Wildman–Crippen MR) is 107 cm³/mol. The molecule has 2 aromatic rings. The summed E-state index contributed by atoms with van der Waals surface area (Å²) in [6.45, 7) is 5.38. The van der Waals surface area contributed by atoms with Crippen molar-refractivity contribution in [3.63, 3.8) is 0 Å². The van der Waals surface area contributed by atoms with Gasteiger partial charge in [-0.1, -0.05) is 11.6 Å². The van der Waals surface area contributed by atoms with Crippen LogP contribution in [-0.2, 0) is 6.54 Å². The number of ether oxygens (including phenoxy) is 1. The van der Waals surface area contributed by atoms with Gasteiger partial charge in [-0.15, -0.1) is 0 Å². The first-order valence-electron chi connectivity index (χ1n) is 9.44. The molecule has 0 amide bonds. The molecule has 0 N–H and O–H groups in total. The van der Waals surface area contributed by atoms with Gasteiger partial charge in [-0.05, 0) is 49.0 Å². The van der Waals surface area contributed by atoms with Gasteiger partial charge >= 0.3 is 11.8 Å². The van der Waals surface area contributed by atoms with Crippen molar-refractivity contribution in [2.24, 2.45) is 0 Å². The molecule has 8 nitrogen and oxygen atoms in total. The predicted octanol–water partition coefficient (Wildman–Crippen LogP) is 3.20. The number of imidazole rings is 1. The summed E-state index contributed by atoms with van der Waals surface area (Å²) in [7, 11) is 2.14. The van der Waals surface area contributed by atoms with Crippen LogP contribution in [0, 0.1) is 10.1 Å². The van der Waals surface area contributed by atoms with Crippen molar-refractivity contribution in [3.8, 4) is 6.01 Å². The lowest BCUT2D eigenvalue weighted by molar-refractivity contribution is -0.389. The lowest BCUT2D eigenvalue weighted by Crippen LogP contribution is -2.50. The fourth-order valence-corrected chi connectivity index (χ4v) is 4.31. The van der Waals surface area contributed by atoms with E-state index in [4.69, 9.17) is 16.3 Å². The lowest BCUT2D eigenvalue weighted by Gasteiger charge is -2.40. The van der Waals surface area contributed by atoms with Crippen LogP contribution in [-0.4, -0.2) is 57.7 Å². The Morgan fingerprint density at radius 3 is 2.64 bits per heavy atom. The highest BCUT2D eigenvalue weighted by molar-refractivity contribution is 6.30. The topological polar surface area (TPSA) is 76.7 Å². The van der Waals surface area contributed by atoms with E-state index in [1.165, 1.54) is 11.9 Å². The van der Waals surface area contributed by atoms with Crippen LogP contribution in [0.1, 0.15) is 19.8 Å². The molecular weight excluding hydrogens is 382 g/mol. The molecule has 1 saturated heterocycles. The summed E-state index contributed by atoms with van der Waals surface area (Å²) in [5.41, 5.74) is 0.771. The summed E-state index contributed by atoms with van der Waals surface area (Å²) in [5.74, 6) is -0.164. The average Bonchev–Trinajstić information content (AvgIpc) is 3.17. The van der Waals surface area contributed by atoms with E-state index in [1.54, 1.807) is 4.57 Å². The maximum atomic E-state index is 10.8. The Labute approximate surface area is 168 Å². The summed E-state index contributed by atoms with van der Waals surface area (Å²) in [6.07, 6.45) is 3.60. The minimum Gasteiger partial charge on any atom is -0.436 e. The summed E-state index contributed by atoms with van der Waals surface area (Å²) in [4.78, 5) is 19.1. The molecule has 9 heteroatoms. The summed E-state index contributed by atoms with van der Waals surface area (Å²) >= 11 is 5.99. The Kier molecular flexibility index (Phi) is 4.93. The number of benzene rings is 1. The van der Waals surface area contributed by atoms with E-state index in [2.05, 4.69) is 34.0 Å². The zero-order chi connectivity index (χ0) is 19.9. The van der Waals surface area contributed by atoms with Gasteiger partial charge in [0.05, 0.1) is 6.54 Å². The minimum absolute atomic E-state index is 0.164. The SMILES string of the molecule is CN(c1ccc(Cl)cc1)C1CCN(CC2(C)Cn3cc([N+](=O)[O-])nc3O2)CC1. The third-order valence-electron chi connectivity index (χ3n) is 5.65. The molecule has 0 spiro atoms. The van der Waals surface area contributed by atoms with Crippen molar-refractivity contribution in [2.45, 2.75) is 38.0 Å². The van der Waals surface area contributed by atoms with Gasteiger partial charge in [0, 0.05) is 48.4 Å². The van der Waals surface area contributed by atoms with Crippen molar-refractivity contribution in [1.29, 1.82) is 0 Å². The molecular formula is C19H24ClN5O3. The van der Waals surface area contributed by atoms with Gasteiger partial charge in [-0.2, -0.15) is 0 Å². The van der Waals surface area contributed by atoms with Crippen molar-refractivity contribution >= 4 is 23.1 Å². The van der Waals surface area contributed by atoms with Gasteiger partial charge in [0.2, 0.25) is 0 Å². The molecule has 0 radical (unpaired) electrons. The maximum Gasteiger partial charge on any atom is 0.415 e. The number of halogens is 1. The second-order valence-electron chi connectivity index (χ2n) is 7.91. The Morgan fingerprint density at radius 2 is 2.04 bits per heavy atom. The highest BCUT2D eigenvalue weighted by Gasteiger charge is 2.42. The molecule has 1 unspecified atom stereocenters. The van der Waals surface area contributed by atoms with Gasteiger partial charge in [0.1, 0.15) is 11.8 Å². The molecule has 2 aliphatic heterocycles. The highest BCUT2D eigenvalue weighted by Crippen LogP contribution is 2.32. The molecule has 0 aliphatic carbocycles. The Morgan fingerprint density at radius 1 is 1.36 bits per heavy atom. The van der Waals surface area contributed by atoms with Crippen LogP contribution < -0.4 is 9.64 Å². The first kappa shape index (κ1) is 19.0. The standard InChI is InChI=1S/C19H24ClN5O3/c1-19(13-24-11-17(25(26)27)21-18(24)28-19)12-23-9-7-16(8-10-23)22(2)15-5-3-14(20)4-6-15/h3-6,11,16H,7-10,12-13H2,1-2H3. The molecule has 0 bridgehead atoms. The lowest BCUT2D eigenvalue weighted by atomic mass is 10.00. The number of hydrogen-bond acceptors (Lipinski definition) is 6. The van der Waals surface area contributed by atoms with Crippen LogP contribution in [0.25, 0.3) is 0 Å². The van der Waals surface area contributed by atoms with Gasteiger partial charge in [0.25, 0.3) is 0 Å². The van der Waals surface area contributed by atoms with Gasteiger partial charge < -0.3 is 19.8 Å². The van der Waals surface area contributed by atoms with Crippen LogP contribution >= 0.6 is 11.6 Å². The summed E-state index contributed by atoms with van der Waals surface area (Å²) < 4.78 is 7.70. The normalized spacial score (nSPS) is 22.7. The number of aromatic nitrogens is 2. The number of likely N-dealkylation sites (tertiary alicyclic amines) is 1. The highest BCUT2D eigenvalue weighted by atomic mass is 35.5.